The molecular weight excluding hydrogens is 404 g/mol. The van der Waals surface area contributed by atoms with Crippen LogP contribution in [0, 0.1) is 0 Å². The van der Waals surface area contributed by atoms with Crippen LogP contribution < -0.4 is 5.73 Å². The molecule has 0 fully saturated rings. The van der Waals surface area contributed by atoms with Gasteiger partial charge in [-0.25, -0.2) is 0 Å². The fourth-order valence-corrected chi connectivity index (χ4v) is 13.9. The fourth-order valence-electron chi connectivity index (χ4n) is 3.70. The Kier molecular flexibility index (Phi) is 6.20. The summed E-state index contributed by atoms with van der Waals surface area (Å²) in [7, 11) is -4.55. The monoisotopic (exact) mass is 442 g/mol. The molecule has 0 atom stereocenters. The van der Waals surface area contributed by atoms with Gasteiger partial charge in [-0.3, -0.25) is 9.59 Å². The van der Waals surface area contributed by atoms with E-state index in [9.17, 15) is 9.59 Å². The molecule has 30 heavy (non-hydrogen) atoms. The summed E-state index contributed by atoms with van der Waals surface area (Å²) in [6.07, 6.45) is 0. The molecular formula is C24H38N2O2Si2. The Bertz CT molecular complexity index is 957. The van der Waals surface area contributed by atoms with Crippen molar-refractivity contribution in [1.82, 2.24) is 4.23 Å². The van der Waals surface area contributed by atoms with Crippen LogP contribution in [0.2, 0.25) is 36.3 Å². The minimum Gasteiger partial charge on any atom is -0.391 e. The van der Waals surface area contributed by atoms with E-state index in [2.05, 4.69) is 72.0 Å². The summed E-state index contributed by atoms with van der Waals surface area (Å²) in [5, 5.41) is 1.67. The van der Waals surface area contributed by atoms with Gasteiger partial charge in [0.15, 0.2) is 0 Å². The van der Waals surface area contributed by atoms with E-state index in [4.69, 9.17) is 5.73 Å². The number of amides is 2. The van der Waals surface area contributed by atoms with E-state index in [1.165, 1.54) is 0 Å². The van der Waals surface area contributed by atoms with Crippen LogP contribution in [0.3, 0.4) is 0 Å². The van der Waals surface area contributed by atoms with Crippen LogP contribution in [-0.4, -0.2) is 32.5 Å². The van der Waals surface area contributed by atoms with Gasteiger partial charge in [0, 0.05) is 0 Å². The Morgan fingerprint density at radius 3 is 1.70 bits per heavy atom. The highest BCUT2D eigenvalue weighted by atomic mass is 28.4. The highest BCUT2D eigenvalue weighted by Gasteiger charge is 2.54. The van der Waals surface area contributed by atoms with Gasteiger partial charge in [-0.05, 0) is 26.9 Å². The van der Waals surface area contributed by atoms with Crippen LogP contribution in [0.15, 0.2) is 36.4 Å². The second-order valence-electron chi connectivity index (χ2n) is 11.3. The van der Waals surface area contributed by atoms with Crippen molar-refractivity contribution >= 4 is 39.1 Å². The van der Waals surface area contributed by atoms with Crippen LogP contribution in [-0.2, 0) is 0 Å². The highest BCUT2D eigenvalue weighted by Crippen LogP contribution is 2.48. The van der Waals surface area contributed by atoms with Gasteiger partial charge in [-0.15, -0.1) is 0 Å². The van der Waals surface area contributed by atoms with E-state index in [1.807, 2.05) is 30.3 Å². The van der Waals surface area contributed by atoms with Gasteiger partial charge in [0.1, 0.15) is 16.5 Å². The van der Waals surface area contributed by atoms with E-state index in [0.29, 0.717) is 11.1 Å². The quantitative estimate of drug-likeness (QED) is 0.557. The number of rotatable bonds is 4. The lowest BCUT2D eigenvalue weighted by Gasteiger charge is -2.57. The summed E-state index contributed by atoms with van der Waals surface area (Å²) in [6, 6.07) is 11.3. The minimum absolute atomic E-state index is 0.0321. The molecule has 0 aliphatic carbocycles. The molecule has 0 radical (unpaired) electrons. The first-order valence-corrected chi connectivity index (χ1v) is 16.5. The third kappa shape index (κ3) is 3.99. The van der Waals surface area contributed by atoms with Crippen LogP contribution in [0.5, 0.6) is 0 Å². The molecule has 0 aliphatic rings. The van der Waals surface area contributed by atoms with Gasteiger partial charge in [0.2, 0.25) is 11.8 Å². The minimum atomic E-state index is -2.28. The van der Waals surface area contributed by atoms with Gasteiger partial charge in [-0.2, -0.15) is 0 Å². The summed E-state index contributed by atoms with van der Waals surface area (Å²) < 4.78 is 2.26. The first kappa shape index (κ1) is 24.3. The van der Waals surface area contributed by atoms with Gasteiger partial charge in [-0.1, -0.05) is 98.1 Å². The second-order valence-corrected chi connectivity index (χ2v) is 21.9. The topological polar surface area (TPSA) is 63.4 Å². The molecule has 4 nitrogen and oxygen atoms in total. The normalized spacial score (nSPS) is 13.4. The number of carbonyl (C=O) groups is 2. The predicted octanol–water partition coefficient (Wildman–Crippen LogP) is 6.39. The molecule has 2 N–H and O–H groups in total. The first-order valence-electron chi connectivity index (χ1n) is 10.6. The zero-order chi connectivity index (χ0) is 23.3. The molecule has 0 aliphatic heterocycles. The van der Waals surface area contributed by atoms with Crippen LogP contribution in [0.4, 0.5) is 0 Å². The maximum absolute atomic E-state index is 14.5. The van der Waals surface area contributed by atoms with E-state index >= 15 is 0 Å². The van der Waals surface area contributed by atoms with Crippen molar-refractivity contribution < 1.29 is 9.59 Å². The standard InChI is InChI=1S/C24H38N2O2Si2/c1-23(2,3)29(7,8)26(30(9,10)24(4,5)6)22(28)20-18-14-12-11-13-17(18)15-16-19(20)21(25)27/h11-16H,1-10H3,(H2,25,27). The van der Waals surface area contributed by atoms with Crippen molar-refractivity contribution in [3.63, 3.8) is 0 Å². The summed E-state index contributed by atoms with van der Waals surface area (Å²) in [4.78, 5) is 26.8. The highest BCUT2D eigenvalue weighted by molar-refractivity contribution is 6.96. The maximum atomic E-state index is 14.5. The van der Waals surface area contributed by atoms with E-state index in [0.717, 1.165) is 10.8 Å². The zero-order valence-electron chi connectivity index (χ0n) is 20.3. The Morgan fingerprint density at radius 2 is 1.27 bits per heavy atom. The van der Waals surface area contributed by atoms with E-state index < -0.39 is 22.4 Å². The fraction of sp³-hybridized carbons (Fsp3) is 0.500. The van der Waals surface area contributed by atoms with Crippen LogP contribution in [0.25, 0.3) is 10.8 Å². The Hall–Kier alpha value is -1.93. The largest absolute Gasteiger partial charge is 0.391 e. The molecule has 0 saturated heterocycles. The van der Waals surface area contributed by atoms with Gasteiger partial charge in [0.05, 0.1) is 11.1 Å². The molecule has 2 amide bonds. The number of primary amides is 1. The SMILES string of the molecule is CC(C)(C)[Si](C)(C)N(C(=O)c1c(C(N)=O)ccc2ccccc12)[Si](C)(C)C(C)(C)C. The van der Waals surface area contributed by atoms with Crippen LogP contribution in [0.1, 0.15) is 62.3 Å². The molecule has 164 valence electrons. The summed E-state index contributed by atoms with van der Waals surface area (Å²) in [5.41, 5.74) is 6.51. The lowest BCUT2D eigenvalue weighted by atomic mass is 9.98. The number of carbonyl (C=O) groups excluding carboxylic acids is 2. The van der Waals surface area contributed by atoms with E-state index in [-0.39, 0.29) is 16.0 Å². The number of fused-ring (bicyclic) bond motifs is 1. The maximum Gasteiger partial charge on any atom is 0.249 e. The van der Waals surface area contributed by atoms with Crippen molar-refractivity contribution in [2.45, 2.75) is 77.8 Å². The molecule has 0 saturated carbocycles. The summed E-state index contributed by atoms with van der Waals surface area (Å²) in [6.45, 7) is 22.5. The molecule has 6 heteroatoms. The number of benzene rings is 2. The zero-order valence-corrected chi connectivity index (χ0v) is 22.3. The smallest absolute Gasteiger partial charge is 0.249 e. The average Bonchev–Trinajstić information content (AvgIpc) is 2.58. The van der Waals surface area contributed by atoms with Gasteiger partial charge < -0.3 is 9.96 Å². The average molecular weight is 443 g/mol. The van der Waals surface area contributed by atoms with Crippen LogP contribution >= 0.6 is 0 Å². The molecule has 0 unspecified atom stereocenters. The van der Waals surface area contributed by atoms with Crippen molar-refractivity contribution in [2.75, 3.05) is 0 Å². The lowest BCUT2D eigenvalue weighted by molar-refractivity contribution is 0.0891. The number of nitrogens with two attached hydrogens (primary N) is 1. The summed E-state index contributed by atoms with van der Waals surface area (Å²) >= 11 is 0. The van der Waals surface area contributed by atoms with Gasteiger partial charge >= 0.3 is 0 Å². The Balaban J connectivity index is 2.93. The van der Waals surface area contributed by atoms with E-state index in [1.54, 1.807) is 6.07 Å². The molecule has 0 heterocycles. The molecule has 0 bridgehead atoms. The number of hydrogen-bond donors (Lipinski definition) is 1. The van der Waals surface area contributed by atoms with Gasteiger partial charge in [0.25, 0.3) is 0 Å². The third-order valence-electron chi connectivity index (χ3n) is 7.40. The second kappa shape index (κ2) is 7.64. The van der Waals surface area contributed by atoms with Crippen molar-refractivity contribution in [3.8, 4) is 0 Å². The third-order valence-corrected chi connectivity index (χ3v) is 20.7. The number of nitrogens with zero attached hydrogens (tertiary/aromatic N) is 1. The van der Waals surface area contributed by atoms with Crippen molar-refractivity contribution in [2.24, 2.45) is 5.73 Å². The Morgan fingerprint density at radius 1 is 0.800 bits per heavy atom. The Labute approximate surface area is 184 Å². The lowest BCUT2D eigenvalue weighted by Crippen LogP contribution is -2.70. The molecule has 2 aromatic rings. The molecule has 2 rings (SSSR count). The molecule has 2 aromatic carbocycles. The number of hydrogen-bond acceptors (Lipinski definition) is 2. The van der Waals surface area contributed by atoms with Crippen molar-refractivity contribution in [3.05, 3.63) is 47.5 Å². The predicted molar refractivity (Wildman–Crippen MR) is 133 cm³/mol. The van der Waals surface area contributed by atoms with Crippen molar-refractivity contribution in [1.29, 1.82) is 0 Å². The summed E-state index contributed by atoms with van der Waals surface area (Å²) in [5.74, 6) is -0.603. The first-order chi connectivity index (χ1) is 13.4. The molecule has 0 spiro atoms. The molecule has 0 aromatic heterocycles.